The van der Waals surface area contributed by atoms with Crippen LogP contribution in [0.3, 0.4) is 0 Å². The number of nitrogens with zero attached hydrogens (tertiary/aromatic N) is 5. The second-order valence-electron chi connectivity index (χ2n) is 14.1. The number of imide groups is 1. The highest BCUT2D eigenvalue weighted by atomic mass is 32.1. The van der Waals surface area contributed by atoms with Crippen molar-refractivity contribution in [1.29, 1.82) is 0 Å². The monoisotopic (exact) mass is 754 g/mol. The van der Waals surface area contributed by atoms with Crippen LogP contribution in [-0.2, 0) is 22.8 Å². The fourth-order valence-corrected chi connectivity index (χ4v) is 8.62. The maximum absolute atomic E-state index is 13.2. The fourth-order valence-electron chi connectivity index (χ4n) is 7.90. The predicted molar refractivity (Wildman–Crippen MR) is 199 cm³/mol. The van der Waals surface area contributed by atoms with Gasteiger partial charge in [-0.25, -0.2) is 9.78 Å². The molecule has 3 fully saturated rings. The number of alkyl halides is 3. The lowest BCUT2D eigenvalue weighted by molar-refractivity contribution is -0.141. The Bertz CT molecular complexity index is 2200. The van der Waals surface area contributed by atoms with Crippen LogP contribution in [-0.4, -0.2) is 66.6 Å². The molecule has 3 aromatic heterocycles. The van der Waals surface area contributed by atoms with Crippen LogP contribution >= 0.6 is 11.3 Å². The number of amides is 3. The van der Waals surface area contributed by atoms with Crippen molar-refractivity contribution < 1.29 is 30.4 Å². The zero-order chi connectivity index (χ0) is 37.3. The zero-order valence-corrected chi connectivity index (χ0v) is 30.1. The predicted octanol–water partition coefficient (Wildman–Crippen LogP) is 6.86. The largest absolute Gasteiger partial charge is 0.434 e. The number of nitrogens with one attached hydrogen (secondary N) is 3. The number of halogens is 3. The van der Waals surface area contributed by atoms with E-state index in [1.54, 1.807) is 40.6 Å². The molecule has 3 N–H and O–H groups in total. The van der Waals surface area contributed by atoms with Crippen molar-refractivity contribution in [3.8, 4) is 0 Å². The molecule has 16 heteroatoms. The normalized spacial score (nSPS) is 19.3. The number of fused-ring (bicyclic) bond motifs is 2. The Morgan fingerprint density at radius 1 is 1.04 bits per heavy atom. The van der Waals surface area contributed by atoms with E-state index >= 15 is 0 Å². The highest BCUT2D eigenvalue weighted by molar-refractivity contribution is 7.11. The number of para-hydroxylation sites is 1. The quantitative estimate of drug-likeness (QED) is 0.161. The van der Waals surface area contributed by atoms with Crippen LogP contribution in [0.4, 0.5) is 18.9 Å². The lowest BCUT2D eigenvalue weighted by atomic mass is 9.86. The Kier molecular flexibility index (Phi) is 10.5. The molecule has 53 heavy (non-hydrogen) atoms. The summed E-state index contributed by atoms with van der Waals surface area (Å²) in [6, 6.07) is 10.5. The van der Waals surface area contributed by atoms with Crippen molar-refractivity contribution in [3.63, 3.8) is 0 Å². The van der Waals surface area contributed by atoms with Crippen molar-refractivity contribution in [1.82, 2.24) is 34.5 Å². The van der Waals surface area contributed by atoms with E-state index in [4.69, 9.17) is 0 Å². The summed E-state index contributed by atoms with van der Waals surface area (Å²) in [6.07, 6.45) is 6.81. The van der Waals surface area contributed by atoms with Crippen LogP contribution in [0.5, 0.6) is 0 Å². The first kappa shape index (κ1) is 36.5. The number of hydrogen-bond donors (Lipinski definition) is 3. The van der Waals surface area contributed by atoms with Gasteiger partial charge in [-0.3, -0.25) is 33.9 Å². The van der Waals surface area contributed by atoms with E-state index in [-0.39, 0.29) is 31.8 Å². The van der Waals surface area contributed by atoms with Gasteiger partial charge in [0.25, 0.3) is 5.91 Å². The smallest absolute Gasteiger partial charge is 0.320 e. The highest BCUT2D eigenvalue weighted by Crippen LogP contribution is 2.35. The minimum absolute atomic E-state index is 0. The number of piperidine rings is 2. The summed E-state index contributed by atoms with van der Waals surface area (Å²) in [5, 5.41) is 12.8. The molecule has 2 aromatic carbocycles. The molecule has 0 bridgehead atoms. The number of likely N-dealkylation sites (tertiary alicyclic amines) is 1. The van der Waals surface area contributed by atoms with Crippen molar-refractivity contribution in [3.05, 3.63) is 74.7 Å². The highest BCUT2D eigenvalue weighted by Gasteiger charge is 2.35. The van der Waals surface area contributed by atoms with Gasteiger partial charge in [-0.05, 0) is 86.9 Å². The van der Waals surface area contributed by atoms with Gasteiger partial charge in [0.1, 0.15) is 6.04 Å². The first-order valence-electron chi connectivity index (χ1n) is 18.0. The second kappa shape index (κ2) is 15.3. The fraction of sp³-hybridized carbons (Fsp3) is 0.459. The number of carbonyl (C=O) groups is 3. The molecule has 3 amide bonds. The van der Waals surface area contributed by atoms with Crippen molar-refractivity contribution in [2.24, 2.45) is 13.0 Å². The van der Waals surface area contributed by atoms with Gasteiger partial charge in [-0.1, -0.05) is 31.4 Å². The molecule has 8 rings (SSSR count). The van der Waals surface area contributed by atoms with Gasteiger partial charge in [0.15, 0.2) is 10.7 Å². The van der Waals surface area contributed by atoms with Crippen molar-refractivity contribution in [2.75, 3.05) is 25.0 Å². The Morgan fingerprint density at radius 3 is 2.53 bits per heavy atom. The van der Waals surface area contributed by atoms with E-state index in [2.05, 4.69) is 36.8 Å². The van der Waals surface area contributed by atoms with Gasteiger partial charge in [0.05, 0.1) is 22.7 Å². The number of aromatic nitrogens is 5. The maximum atomic E-state index is 13.2. The minimum atomic E-state index is -4.55. The van der Waals surface area contributed by atoms with E-state index in [1.807, 2.05) is 12.1 Å². The molecule has 284 valence electrons. The molecule has 1 unspecified atom stereocenters. The number of imidazole rings is 1. The molecule has 0 radical (unpaired) electrons. The summed E-state index contributed by atoms with van der Waals surface area (Å²) in [7, 11) is 1.80. The molecule has 0 spiro atoms. The maximum Gasteiger partial charge on any atom is 0.434 e. The first-order valence-corrected chi connectivity index (χ1v) is 18.9. The van der Waals surface area contributed by atoms with Gasteiger partial charge in [0.2, 0.25) is 11.8 Å². The molecular formula is C37H45F3N8O4S. The number of thiazole rings is 1. The lowest BCUT2D eigenvalue weighted by Crippen LogP contribution is -2.44. The van der Waals surface area contributed by atoms with Crippen LogP contribution in [0.1, 0.15) is 93.7 Å². The second-order valence-corrected chi connectivity index (χ2v) is 15.0. The summed E-state index contributed by atoms with van der Waals surface area (Å²) in [6.45, 7) is 3.46. The lowest BCUT2D eigenvalue weighted by Gasteiger charge is -2.35. The molecule has 1 saturated carbocycles. The third-order valence-electron chi connectivity index (χ3n) is 10.6. The van der Waals surface area contributed by atoms with Crippen molar-refractivity contribution in [2.45, 2.75) is 75.9 Å². The first-order chi connectivity index (χ1) is 25.5. The molecule has 2 saturated heterocycles. The number of anilines is 1. The van der Waals surface area contributed by atoms with Crippen LogP contribution in [0.2, 0.25) is 0 Å². The molecular weight excluding hydrogens is 710 g/mol. The Morgan fingerprint density at radius 2 is 1.81 bits per heavy atom. The summed E-state index contributed by atoms with van der Waals surface area (Å²) in [5.41, 5.74) is 2.95. The van der Waals surface area contributed by atoms with Crippen LogP contribution in [0.25, 0.3) is 21.9 Å². The topological polar surface area (TPSA) is 147 Å². The number of hydrogen-bond acceptors (Lipinski definition) is 8. The SMILES string of the molecule is Cn1c(=O)n(C2CCC(=O)NC2=O)c2cccc(C3CCN(CC4CCCCC4)CC3)c21.O=C(Nc1ccc2[nH]ncc2c1)c1nc(C(F)(F)F)cs1.[HH].[HH]. The van der Waals surface area contributed by atoms with E-state index in [0.717, 1.165) is 59.2 Å². The van der Waals surface area contributed by atoms with Crippen LogP contribution in [0, 0.1) is 5.92 Å². The molecule has 5 heterocycles. The van der Waals surface area contributed by atoms with Crippen molar-refractivity contribution >= 4 is 56.7 Å². The molecule has 1 atom stereocenters. The molecule has 5 aromatic rings. The van der Waals surface area contributed by atoms with Gasteiger partial charge >= 0.3 is 11.9 Å². The van der Waals surface area contributed by atoms with E-state index < -0.39 is 23.8 Å². The third kappa shape index (κ3) is 7.93. The summed E-state index contributed by atoms with van der Waals surface area (Å²) in [4.78, 5) is 55.1. The third-order valence-corrected chi connectivity index (χ3v) is 11.5. The number of benzene rings is 2. The van der Waals surface area contributed by atoms with Gasteiger partial charge in [-0.2, -0.15) is 18.3 Å². The Hall–Kier alpha value is -4.83. The van der Waals surface area contributed by atoms with Gasteiger partial charge in [-0.15, -0.1) is 11.3 Å². The number of H-pyrrole nitrogens is 1. The average molecular weight is 755 g/mol. The van der Waals surface area contributed by atoms with Crippen LogP contribution < -0.4 is 16.3 Å². The van der Waals surface area contributed by atoms with E-state index in [9.17, 15) is 32.3 Å². The van der Waals surface area contributed by atoms with Gasteiger partial charge < -0.3 is 10.2 Å². The molecule has 12 nitrogen and oxygen atoms in total. The molecule has 3 aliphatic rings. The van der Waals surface area contributed by atoms with E-state index in [1.165, 1.54) is 44.2 Å². The summed E-state index contributed by atoms with van der Waals surface area (Å²) in [5.74, 6) is -0.0348. The number of aromatic amines is 1. The van der Waals surface area contributed by atoms with Gasteiger partial charge in [0, 0.05) is 39.3 Å². The standard InChI is InChI=1S/C25H34N4O3.C12H7F3N4OS.2H2/c1-27-23-19(18-12-14-28(15-13-18)16-17-6-3-2-4-7-17)8-5-9-20(23)29(25(27)32)21-10-11-22(30)26-24(21)31;13-12(14,15)9-5-21-11(18-9)10(20)17-7-1-2-8-6(3-7)4-16-19-8;;/h5,8-9,17-18,21H,2-4,6-7,10-16H2,1H3,(H,26,30,31);1-5H,(H,16,19)(H,17,20);2*1H. The van der Waals surface area contributed by atoms with Crippen LogP contribution in [0.15, 0.2) is 52.8 Å². The molecule has 1 aliphatic carbocycles. The Labute approximate surface area is 309 Å². The zero-order valence-electron chi connectivity index (χ0n) is 29.2. The Balaban J connectivity index is 0.000000220. The minimum Gasteiger partial charge on any atom is -0.320 e. The average Bonchev–Trinajstić information content (AvgIpc) is 3.89. The summed E-state index contributed by atoms with van der Waals surface area (Å²) < 4.78 is 40.6. The summed E-state index contributed by atoms with van der Waals surface area (Å²) >= 11 is 0.647. The molecule has 2 aliphatic heterocycles. The van der Waals surface area contributed by atoms with E-state index in [0.29, 0.717) is 29.4 Å². The number of rotatable bonds is 6. The number of aryl methyl sites for hydroxylation is 1. The number of carbonyl (C=O) groups excluding carboxylic acids is 3.